The summed E-state index contributed by atoms with van der Waals surface area (Å²) in [5.74, 6) is 0. The van der Waals surface area contributed by atoms with Crippen molar-refractivity contribution >= 4 is 16.7 Å². The predicted molar refractivity (Wildman–Crippen MR) is 63.5 cm³/mol. The van der Waals surface area contributed by atoms with Crippen LogP contribution in [0.3, 0.4) is 0 Å². The van der Waals surface area contributed by atoms with E-state index in [4.69, 9.17) is 0 Å². The highest BCUT2D eigenvalue weighted by Gasteiger charge is 2.04. The number of rotatable bonds is 1. The van der Waals surface area contributed by atoms with Gasteiger partial charge in [-0.3, -0.25) is 10.1 Å². The Hall–Kier alpha value is -2.02. The van der Waals surface area contributed by atoms with Crippen LogP contribution in [0, 0.1) is 10.1 Å². The molecule has 0 bridgehead atoms. The van der Waals surface area contributed by atoms with Crippen LogP contribution in [0.5, 0.6) is 0 Å². The lowest BCUT2D eigenvalue weighted by molar-refractivity contribution is -0.849. The van der Waals surface area contributed by atoms with E-state index in [-0.39, 0.29) is 5.69 Å². The number of non-ortho nitro benzene ring substituents is 1. The Bertz CT molecular complexity index is 509. The lowest BCUT2D eigenvalue weighted by atomic mass is 10.3. The van der Waals surface area contributed by atoms with E-state index in [9.17, 15) is 10.1 Å². The van der Waals surface area contributed by atoms with Gasteiger partial charge in [0.1, 0.15) is 0 Å². The van der Waals surface area contributed by atoms with Crippen LogP contribution in [0.4, 0.5) is 5.69 Å². The fourth-order valence-corrected chi connectivity index (χ4v) is 0.909. The SMILES string of the molecule is C[N+](C)(C)C.O=[N+]([O-])c1ccc2n[n-]nc2c1. The molecule has 1 heterocycles. The summed E-state index contributed by atoms with van der Waals surface area (Å²) in [5, 5.41) is 20.9. The third-order valence-electron chi connectivity index (χ3n) is 1.47. The van der Waals surface area contributed by atoms with Crippen LogP contribution < -0.4 is 5.21 Å². The Labute approximate surface area is 98.8 Å². The van der Waals surface area contributed by atoms with Crippen LogP contribution in [0.25, 0.3) is 11.0 Å². The Morgan fingerprint density at radius 2 is 1.71 bits per heavy atom. The third-order valence-corrected chi connectivity index (χ3v) is 1.47. The predicted octanol–water partition coefficient (Wildman–Crippen LogP) is 0.818. The van der Waals surface area contributed by atoms with E-state index >= 15 is 0 Å². The summed E-state index contributed by atoms with van der Waals surface area (Å²) in [4.78, 5) is 9.83. The first-order valence-corrected chi connectivity index (χ1v) is 4.96. The fourth-order valence-electron chi connectivity index (χ4n) is 0.909. The second-order valence-corrected chi connectivity index (χ2v) is 4.90. The van der Waals surface area contributed by atoms with Gasteiger partial charge in [0.25, 0.3) is 5.69 Å². The van der Waals surface area contributed by atoms with Crippen LogP contribution in [0.15, 0.2) is 18.2 Å². The third kappa shape index (κ3) is 4.56. The van der Waals surface area contributed by atoms with Crippen LogP contribution in [-0.4, -0.2) is 47.8 Å². The first-order chi connectivity index (χ1) is 7.77. The van der Waals surface area contributed by atoms with Crippen molar-refractivity contribution in [3.63, 3.8) is 0 Å². The summed E-state index contributed by atoms with van der Waals surface area (Å²) in [6, 6.07) is 4.24. The topological polar surface area (TPSA) is 83.0 Å². The molecule has 0 radical (unpaired) electrons. The zero-order chi connectivity index (χ0) is 13.1. The molecule has 17 heavy (non-hydrogen) atoms. The quantitative estimate of drug-likeness (QED) is 0.416. The fraction of sp³-hybridized carbons (Fsp3) is 0.400. The molecule has 0 fully saturated rings. The first kappa shape index (κ1) is 13.0. The molecule has 0 unspecified atom stereocenters. The summed E-state index contributed by atoms with van der Waals surface area (Å²) in [6.07, 6.45) is 0. The largest absolute Gasteiger partial charge is 0.492 e. The highest BCUT2D eigenvalue weighted by atomic mass is 16.6. The molecule has 92 valence electrons. The van der Waals surface area contributed by atoms with Gasteiger partial charge in [-0.15, -0.1) is 0 Å². The van der Waals surface area contributed by atoms with Gasteiger partial charge in [0, 0.05) is 12.1 Å². The average molecular weight is 237 g/mol. The van der Waals surface area contributed by atoms with E-state index < -0.39 is 4.92 Å². The molecule has 0 aliphatic rings. The Kier molecular flexibility index (Phi) is 3.74. The van der Waals surface area contributed by atoms with Gasteiger partial charge in [-0.25, -0.2) is 0 Å². The van der Waals surface area contributed by atoms with E-state index in [1.54, 1.807) is 0 Å². The molecular weight excluding hydrogens is 222 g/mol. The minimum absolute atomic E-state index is 0.00444. The van der Waals surface area contributed by atoms with E-state index in [1.165, 1.54) is 18.2 Å². The number of nitrogens with zero attached hydrogens (tertiary/aromatic N) is 5. The second kappa shape index (κ2) is 4.88. The standard InChI is InChI=1S/C6H3N4O2.C4H12N/c11-10(12)4-1-2-5-6(3-4)8-9-7-5;1-5(2,3)4/h1-3H;1-4H3/q-1;+1. The van der Waals surface area contributed by atoms with Crippen LogP contribution in [0.1, 0.15) is 0 Å². The normalized spacial score (nSPS) is 10.8. The van der Waals surface area contributed by atoms with Crippen molar-refractivity contribution in [1.29, 1.82) is 0 Å². The Balaban J connectivity index is 0.000000249. The summed E-state index contributed by atoms with van der Waals surface area (Å²) >= 11 is 0. The highest BCUT2D eigenvalue weighted by Crippen LogP contribution is 2.15. The molecule has 1 aromatic carbocycles. The van der Waals surface area contributed by atoms with Crippen LogP contribution >= 0.6 is 0 Å². The smallest absolute Gasteiger partial charge is 0.271 e. The molecule has 7 heteroatoms. The number of nitro groups is 1. The maximum atomic E-state index is 10.3. The Morgan fingerprint density at radius 1 is 1.18 bits per heavy atom. The van der Waals surface area contributed by atoms with E-state index in [2.05, 4.69) is 43.6 Å². The lowest BCUT2D eigenvalue weighted by Crippen LogP contribution is -2.27. The molecule has 0 saturated heterocycles. The minimum atomic E-state index is -0.478. The molecule has 0 aliphatic heterocycles. The molecule has 2 rings (SSSR count). The number of aromatic nitrogens is 3. The average Bonchev–Trinajstić information content (AvgIpc) is 2.60. The molecule has 0 amide bonds. The number of benzene rings is 1. The molecule has 0 N–H and O–H groups in total. The van der Waals surface area contributed by atoms with Crippen LogP contribution in [-0.2, 0) is 0 Å². The van der Waals surface area contributed by atoms with E-state index in [1.807, 2.05) is 0 Å². The number of hydrogen-bond acceptors (Lipinski definition) is 4. The molecule has 7 nitrogen and oxygen atoms in total. The van der Waals surface area contributed by atoms with Gasteiger partial charge in [-0.05, 0) is 6.07 Å². The van der Waals surface area contributed by atoms with Gasteiger partial charge >= 0.3 is 0 Å². The summed E-state index contributed by atoms with van der Waals surface area (Å²) in [5.41, 5.74) is 1.02. The number of hydrogen-bond donors (Lipinski definition) is 0. The maximum Gasteiger partial charge on any atom is 0.271 e. The molecule has 2 aromatic rings. The molecule has 1 aromatic heterocycles. The maximum absolute atomic E-state index is 10.3. The van der Waals surface area contributed by atoms with Crippen molar-refractivity contribution in [3.05, 3.63) is 28.3 Å². The second-order valence-electron chi connectivity index (χ2n) is 4.90. The van der Waals surface area contributed by atoms with Crippen molar-refractivity contribution in [3.8, 4) is 0 Å². The zero-order valence-electron chi connectivity index (χ0n) is 10.3. The van der Waals surface area contributed by atoms with Gasteiger partial charge < -0.3 is 19.9 Å². The van der Waals surface area contributed by atoms with Crippen molar-refractivity contribution in [1.82, 2.24) is 15.4 Å². The summed E-state index contributed by atoms with van der Waals surface area (Å²) in [6.45, 7) is 0. The van der Waals surface area contributed by atoms with Crippen molar-refractivity contribution in [2.75, 3.05) is 28.2 Å². The van der Waals surface area contributed by atoms with Gasteiger partial charge in [-0.2, -0.15) is 0 Å². The minimum Gasteiger partial charge on any atom is -0.492 e. The molecule has 0 spiro atoms. The van der Waals surface area contributed by atoms with Gasteiger partial charge in [0.05, 0.1) is 44.1 Å². The number of nitro benzene ring substituents is 1. The van der Waals surface area contributed by atoms with Crippen LogP contribution in [0.2, 0.25) is 0 Å². The summed E-state index contributed by atoms with van der Waals surface area (Å²) < 4.78 is 1.00. The molecular formula is C10H15N5O2. The Morgan fingerprint density at radius 3 is 2.24 bits per heavy atom. The first-order valence-electron chi connectivity index (χ1n) is 4.96. The number of fused-ring (bicyclic) bond motifs is 1. The van der Waals surface area contributed by atoms with Gasteiger partial charge in [-0.1, -0.05) is 0 Å². The van der Waals surface area contributed by atoms with Gasteiger partial charge in [0.15, 0.2) is 0 Å². The molecule has 0 atom stereocenters. The van der Waals surface area contributed by atoms with Gasteiger partial charge in [0.2, 0.25) is 0 Å². The number of quaternary nitrogens is 1. The monoisotopic (exact) mass is 237 g/mol. The van der Waals surface area contributed by atoms with Crippen molar-refractivity contribution in [2.24, 2.45) is 0 Å². The molecule has 0 aliphatic carbocycles. The van der Waals surface area contributed by atoms with Crippen molar-refractivity contribution in [2.45, 2.75) is 0 Å². The highest BCUT2D eigenvalue weighted by molar-refractivity contribution is 5.76. The lowest BCUT2D eigenvalue weighted by Gasteiger charge is -2.14. The van der Waals surface area contributed by atoms with E-state index in [0.29, 0.717) is 11.0 Å². The van der Waals surface area contributed by atoms with E-state index in [0.717, 1.165) is 4.48 Å². The summed E-state index contributed by atoms with van der Waals surface area (Å²) in [7, 11) is 8.50. The molecule has 0 saturated carbocycles. The van der Waals surface area contributed by atoms with Crippen molar-refractivity contribution < 1.29 is 9.41 Å². The zero-order valence-corrected chi connectivity index (χ0v) is 10.3.